The van der Waals surface area contributed by atoms with Crippen molar-refractivity contribution < 1.29 is 26.2 Å². The molecule has 0 amide bonds. The second kappa shape index (κ2) is 3.79. The zero-order valence-electron chi connectivity index (χ0n) is 6.45. The molecule has 0 radical (unpaired) electrons. The van der Waals surface area contributed by atoms with Crippen LogP contribution in [0.3, 0.4) is 0 Å². The molecule has 1 atom stereocenters. The Bertz CT molecular complexity index is 259. The van der Waals surface area contributed by atoms with Crippen LogP contribution in [-0.4, -0.2) is 26.0 Å². The van der Waals surface area contributed by atoms with E-state index >= 15 is 0 Å². The van der Waals surface area contributed by atoms with Gasteiger partial charge in [0.05, 0.1) is 6.10 Å². The molecule has 0 saturated heterocycles. The van der Waals surface area contributed by atoms with Gasteiger partial charge in [0.25, 0.3) is 0 Å². The predicted octanol–water partition coefficient (Wildman–Crippen LogP) is 0.533. The minimum absolute atomic E-state index is 0.683. The van der Waals surface area contributed by atoms with Crippen LogP contribution in [0.25, 0.3) is 0 Å². The Labute approximate surface area is 68.7 Å². The van der Waals surface area contributed by atoms with Gasteiger partial charge < -0.3 is 4.74 Å². The highest BCUT2D eigenvalue weighted by atomic mass is 32.3. The van der Waals surface area contributed by atoms with Gasteiger partial charge in [-0.1, -0.05) is 0 Å². The van der Waals surface area contributed by atoms with Gasteiger partial charge in [0.15, 0.2) is 0 Å². The fourth-order valence-corrected chi connectivity index (χ4v) is 0.686. The summed E-state index contributed by atoms with van der Waals surface area (Å²) in [6, 6.07) is 0. The van der Waals surface area contributed by atoms with Gasteiger partial charge in [-0.15, -0.1) is 3.89 Å². The molecule has 0 spiro atoms. The summed E-state index contributed by atoms with van der Waals surface area (Å²) in [5.41, 5.74) is -3.24. The summed E-state index contributed by atoms with van der Waals surface area (Å²) in [7, 11) is -5.49. The highest BCUT2D eigenvalue weighted by Gasteiger charge is 2.34. The van der Waals surface area contributed by atoms with E-state index < -0.39 is 27.8 Å². The van der Waals surface area contributed by atoms with Crippen LogP contribution in [0, 0.1) is 0 Å². The Hall–Kier alpha value is -0.720. The molecular formula is C5H8F2O4S. The van der Waals surface area contributed by atoms with E-state index in [1.165, 1.54) is 13.8 Å². The van der Waals surface area contributed by atoms with Crippen LogP contribution in [0.1, 0.15) is 13.8 Å². The number of carbonyl (C=O) groups excluding carboxylic acids is 1. The van der Waals surface area contributed by atoms with E-state index in [-0.39, 0.29) is 0 Å². The normalized spacial score (nSPS) is 14.4. The Morgan fingerprint density at radius 3 is 2.08 bits per heavy atom. The van der Waals surface area contributed by atoms with Crippen molar-refractivity contribution in [1.82, 2.24) is 0 Å². The molecule has 4 nitrogen and oxygen atoms in total. The molecule has 1 unspecified atom stereocenters. The van der Waals surface area contributed by atoms with Gasteiger partial charge in [-0.2, -0.15) is 8.42 Å². The summed E-state index contributed by atoms with van der Waals surface area (Å²) in [4.78, 5) is 10.4. The Morgan fingerprint density at radius 1 is 1.42 bits per heavy atom. The first-order chi connectivity index (χ1) is 5.25. The van der Waals surface area contributed by atoms with Crippen molar-refractivity contribution in [3.63, 3.8) is 0 Å². The molecule has 0 aliphatic heterocycles. The fraction of sp³-hybridized carbons (Fsp3) is 0.800. The van der Waals surface area contributed by atoms with Crippen molar-refractivity contribution in [1.29, 1.82) is 0 Å². The van der Waals surface area contributed by atoms with Gasteiger partial charge in [-0.05, 0) is 13.8 Å². The Balaban J connectivity index is 4.32. The minimum Gasteiger partial charge on any atom is -0.460 e. The predicted molar refractivity (Wildman–Crippen MR) is 36.2 cm³/mol. The van der Waals surface area contributed by atoms with Crippen LogP contribution in [0.15, 0.2) is 0 Å². The summed E-state index contributed by atoms with van der Waals surface area (Å²) >= 11 is 0. The molecule has 0 aromatic heterocycles. The third-order valence-electron chi connectivity index (χ3n) is 0.784. The minimum atomic E-state index is -5.49. The fourth-order valence-electron chi connectivity index (χ4n) is 0.401. The molecule has 0 aliphatic carbocycles. The molecule has 0 fully saturated rings. The lowest BCUT2D eigenvalue weighted by Gasteiger charge is -2.07. The lowest BCUT2D eigenvalue weighted by atomic mass is 10.5. The zero-order valence-corrected chi connectivity index (χ0v) is 7.27. The number of hydrogen-bond donors (Lipinski definition) is 0. The highest BCUT2D eigenvalue weighted by Crippen LogP contribution is 2.08. The molecule has 12 heavy (non-hydrogen) atoms. The molecule has 0 rings (SSSR count). The Kier molecular flexibility index (Phi) is 3.56. The van der Waals surface area contributed by atoms with Gasteiger partial charge in [0.1, 0.15) is 0 Å². The first-order valence-electron chi connectivity index (χ1n) is 3.03. The number of halogens is 2. The number of hydrogen-bond acceptors (Lipinski definition) is 4. The molecule has 0 aromatic carbocycles. The van der Waals surface area contributed by atoms with E-state index in [9.17, 15) is 21.5 Å². The largest absolute Gasteiger partial charge is 0.460 e. The van der Waals surface area contributed by atoms with Gasteiger partial charge in [0, 0.05) is 0 Å². The maximum absolute atomic E-state index is 12.2. The van der Waals surface area contributed by atoms with Crippen LogP contribution < -0.4 is 0 Å². The van der Waals surface area contributed by atoms with Gasteiger partial charge in [-0.3, -0.25) is 0 Å². The lowest BCUT2D eigenvalue weighted by Crippen LogP contribution is -2.27. The number of rotatable bonds is 3. The van der Waals surface area contributed by atoms with E-state index in [1.54, 1.807) is 0 Å². The van der Waals surface area contributed by atoms with E-state index in [1.807, 2.05) is 0 Å². The molecule has 0 bridgehead atoms. The smallest absolute Gasteiger partial charge is 0.359 e. The SMILES string of the molecule is CC(C)OC(=O)C(F)S(=O)(=O)F. The van der Waals surface area contributed by atoms with Crippen LogP contribution in [0.5, 0.6) is 0 Å². The molecule has 72 valence electrons. The zero-order chi connectivity index (χ0) is 9.94. The maximum atomic E-state index is 12.2. The van der Waals surface area contributed by atoms with E-state index in [0.29, 0.717) is 0 Å². The number of ether oxygens (including phenoxy) is 1. The third kappa shape index (κ3) is 3.61. The summed E-state index contributed by atoms with van der Waals surface area (Å²) in [5.74, 6) is -1.73. The first-order valence-corrected chi connectivity index (χ1v) is 4.48. The van der Waals surface area contributed by atoms with Gasteiger partial charge in [0.2, 0.25) is 0 Å². The van der Waals surface area contributed by atoms with Crippen LogP contribution in [-0.2, 0) is 19.8 Å². The summed E-state index contributed by atoms with van der Waals surface area (Å²) in [5, 5.41) is 0. The number of carbonyl (C=O) groups is 1. The summed E-state index contributed by atoms with van der Waals surface area (Å²) in [6.45, 7) is 2.77. The molecular weight excluding hydrogens is 194 g/mol. The van der Waals surface area contributed by atoms with E-state index in [4.69, 9.17) is 0 Å². The average molecular weight is 202 g/mol. The van der Waals surface area contributed by atoms with Crippen molar-refractivity contribution in [2.45, 2.75) is 25.5 Å². The monoisotopic (exact) mass is 202 g/mol. The molecule has 0 heterocycles. The molecule has 0 aromatic rings. The average Bonchev–Trinajstić information content (AvgIpc) is 1.82. The maximum Gasteiger partial charge on any atom is 0.359 e. The highest BCUT2D eigenvalue weighted by molar-refractivity contribution is 7.87. The Morgan fingerprint density at radius 2 is 1.83 bits per heavy atom. The topological polar surface area (TPSA) is 60.4 Å². The van der Waals surface area contributed by atoms with E-state index in [2.05, 4.69) is 4.74 Å². The molecule has 7 heteroatoms. The first kappa shape index (κ1) is 11.3. The number of alkyl halides is 1. The molecule has 0 aliphatic rings. The standard InChI is InChI=1S/C5H8F2O4S/c1-3(2)11-5(8)4(6)12(7,9)10/h3-4H,1-2H3. The van der Waals surface area contributed by atoms with Crippen LogP contribution in [0.4, 0.5) is 8.28 Å². The van der Waals surface area contributed by atoms with E-state index in [0.717, 1.165) is 0 Å². The lowest BCUT2D eigenvalue weighted by molar-refractivity contribution is -0.150. The van der Waals surface area contributed by atoms with Gasteiger partial charge >= 0.3 is 21.7 Å². The number of esters is 1. The quantitative estimate of drug-likeness (QED) is 0.494. The second-order valence-electron chi connectivity index (χ2n) is 2.28. The van der Waals surface area contributed by atoms with Crippen molar-refractivity contribution >= 4 is 16.2 Å². The van der Waals surface area contributed by atoms with Crippen molar-refractivity contribution in [3.8, 4) is 0 Å². The third-order valence-corrected chi connectivity index (χ3v) is 1.47. The second-order valence-corrected chi connectivity index (χ2v) is 3.64. The molecule has 0 saturated carbocycles. The summed E-state index contributed by atoms with van der Waals surface area (Å²) in [6.07, 6.45) is -0.683. The van der Waals surface area contributed by atoms with Crippen molar-refractivity contribution in [2.75, 3.05) is 0 Å². The van der Waals surface area contributed by atoms with Crippen molar-refractivity contribution in [2.24, 2.45) is 0 Å². The van der Waals surface area contributed by atoms with Crippen LogP contribution >= 0.6 is 0 Å². The van der Waals surface area contributed by atoms with Gasteiger partial charge in [-0.25, -0.2) is 9.18 Å². The van der Waals surface area contributed by atoms with Crippen molar-refractivity contribution in [3.05, 3.63) is 0 Å². The molecule has 0 N–H and O–H groups in total. The summed E-state index contributed by atoms with van der Waals surface area (Å²) < 4.78 is 47.7. The van der Waals surface area contributed by atoms with Crippen LogP contribution in [0.2, 0.25) is 0 Å².